The van der Waals surface area contributed by atoms with Gasteiger partial charge in [-0.05, 0) is 18.6 Å². The number of hydrogen-bond acceptors (Lipinski definition) is 4. The van der Waals surface area contributed by atoms with E-state index < -0.39 is 0 Å². The smallest absolute Gasteiger partial charge is 0.339 e. The number of carbonyl (C=O) groups is 1. The van der Waals surface area contributed by atoms with E-state index in [-0.39, 0.29) is 5.97 Å². The van der Waals surface area contributed by atoms with E-state index in [0.29, 0.717) is 5.56 Å². The number of methoxy groups -OCH3 is 1. The Morgan fingerprint density at radius 2 is 2.13 bits per heavy atom. The van der Waals surface area contributed by atoms with Crippen LogP contribution >= 0.6 is 21.6 Å². The average molecular weight is 242 g/mol. The Bertz CT molecular complexity index is 326. The highest BCUT2D eigenvalue weighted by Gasteiger charge is 2.10. The predicted octanol–water partition coefficient (Wildman–Crippen LogP) is 3.62. The van der Waals surface area contributed by atoms with Gasteiger partial charge in [0, 0.05) is 10.6 Å². The maximum absolute atomic E-state index is 11.4. The van der Waals surface area contributed by atoms with Gasteiger partial charge in [-0.25, -0.2) is 4.79 Å². The first-order valence-corrected chi connectivity index (χ1v) is 7.08. The summed E-state index contributed by atoms with van der Waals surface area (Å²) in [5, 5.41) is 0. The van der Waals surface area contributed by atoms with Crippen molar-refractivity contribution in [3.8, 4) is 0 Å². The average Bonchev–Trinajstić information content (AvgIpc) is 2.29. The molecular formula is C11H14O2S2. The van der Waals surface area contributed by atoms with Gasteiger partial charge in [-0.15, -0.1) is 0 Å². The van der Waals surface area contributed by atoms with Crippen LogP contribution in [0.2, 0.25) is 0 Å². The van der Waals surface area contributed by atoms with E-state index in [4.69, 9.17) is 4.74 Å². The second-order valence-electron chi connectivity index (χ2n) is 2.89. The van der Waals surface area contributed by atoms with Gasteiger partial charge in [-0.1, -0.05) is 40.6 Å². The number of benzene rings is 1. The van der Waals surface area contributed by atoms with Gasteiger partial charge >= 0.3 is 5.97 Å². The summed E-state index contributed by atoms with van der Waals surface area (Å²) < 4.78 is 4.72. The molecule has 0 aliphatic heterocycles. The van der Waals surface area contributed by atoms with Gasteiger partial charge in [0.1, 0.15) is 0 Å². The van der Waals surface area contributed by atoms with Crippen molar-refractivity contribution in [2.45, 2.75) is 18.2 Å². The lowest BCUT2D eigenvalue weighted by Gasteiger charge is -2.05. The van der Waals surface area contributed by atoms with Crippen LogP contribution in [-0.2, 0) is 4.74 Å². The van der Waals surface area contributed by atoms with Gasteiger partial charge in [0.05, 0.1) is 12.7 Å². The second kappa shape index (κ2) is 6.80. The van der Waals surface area contributed by atoms with Crippen LogP contribution in [0.15, 0.2) is 29.2 Å². The van der Waals surface area contributed by atoms with Crippen LogP contribution in [0.25, 0.3) is 0 Å². The van der Waals surface area contributed by atoms with Gasteiger partial charge in [0.15, 0.2) is 0 Å². The maximum Gasteiger partial charge on any atom is 0.339 e. The molecule has 82 valence electrons. The van der Waals surface area contributed by atoms with Gasteiger partial charge in [-0.3, -0.25) is 0 Å². The Labute approximate surface area is 98.2 Å². The minimum Gasteiger partial charge on any atom is -0.465 e. The van der Waals surface area contributed by atoms with E-state index in [2.05, 4.69) is 6.92 Å². The molecule has 0 spiro atoms. The van der Waals surface area contributed by atoms with Crippen molar-refractivity contribution < 1.29 is 9.53 Å². The second-order valence-corrected chi connectivity index (χ2v) is 5.35. The van der Waals surface area contributed by atoms with E-state index in [1.54, 1.807) is 27.7 Å². The molecule has 0 fully saturated rings. The minimum atomic E-state index is -0.268. The lowest BCUT2D eigenvalue weighted by Crippen LogP contribution is -2.02. The van der Waals surface area contributed by atoms with E-state index in [1.807, 2.05) is 18.2 Å². The summed E-state index contributed by atoms with van der Waals surface area (Å²) in [6.07, 6.45) is 1.14. The zero-order valence-corrected chi connectivity index (χ0v) is 10.5. The lowest BCUT2D eigenvalue weighted by atomic mass is 10.2. The number of rotatable bonds is 5. The molecule has 0 aliphatic rings. The fraction of sp³-hybridized carbons (Fsp3) is 0.364. The molecule has 0 radical (unpaired) electrons. The highest BCUT2D eigenvalue weighted by atomic mass is 33.1. The maximum atomic E-state index is 11.4. The zero-order valence-electron chi connectivity index (χ0n) is 8.86. The summed E-state index contributed by atoms with van der Waals surface area (Å²) in [5.74, 6) is 0.815. The van der Waals surface area contributed by atoms with Crippen molar-refractivity contribution in [2.75, 3.05) is 12.9 Å². The Balaban J connectivity index is 2.73. The Kier molecular flexibility index (Phi) is 5.65. The highest BCUT2D eigenvalue weighted by molar-refractivity contribution is 8.76. The molecule has 1 rings (SSSR count). The molecule has 0 heterocycles. The fourth-order valence-electron chi connectivity index (χ4n) is 1.01. The zero-order chi connectivity index (χ0) is 11.1. The summed E-state index contributed by atoms with van der Waals surface area (Å²) in [4.78, 5) is 12.4. The predicted molar refractivity (Wildman–Crippen MR) is 66.4 cm³/mol. The number of esters is 1. The molecule has 1 aromatic carbocycles. The molecular weight excluding hydrogens is 228 g/mol. The molecule has 15 heavy (non-hydrogen) atoms. The van der Waals surface area contributed by atoms with Crippen molar-refractivity contribution >= 4 is 27.6 Å². The molecule has 0 amide bonds. The molecule has 2 nitrogen and oxygen atoms in total. The van der Waals surface area contributed by atoms with Crippen molar-refractivity contribution in [1.29, 1.82) is 0 Å². The number of ether oxygens (including phenoxy) is 1. The normalized spacial score (nSPS) is 10.0. The monoisotopic (exact) mass is 242 g/mol. The van der Waals surface area contributed by atoms with Crippen LogP contribution < -0.4 is 0 Å². The first-order chi connectivity index (χ1) is 7.29. The highest BCUT2D eigenvalue weighted by Crippen LogP contribution is 2.33. The third-order valence-electron chi connectivity index (χ3n) is 1.73. The molecule has 1 aromatic rings. The Hall–Kier alpha value is -0.610. The van der Waals surface area contributed by atoms with Crippen LogP contribution in [0.3, 0.4) is 0 Å². The lowest BCUT2D eigenvalue weighted by molar-refractivity contribution is 0.0597. The molecule has 0 aromatic heterocycles. The largest absolute Gasteiger partial charge is 0.465 e. The third-order valence-corrected chi connectivity index (χ3v) is 4.35. The van der Waals surface area contributed by atoms with Crippen LogP contribution in [0.4, 0.5) is 0 Å². The number of hydrogen-bond donors (Lipinski definition) is 0. The van der Waals surface area contributed by atoms with E-state index in [0.717, 1.165) is 17.1 Å². The van der Waals surface area contributed by atoms with Crippen molar-refractivity contribution in [2.24, 2.45) is 0 Å². The molecule has 0 saturated carbocycles. The van der Waals surface area contributed by atoms with Crippen molar-refractivity contribution in [1.82, 2.24) is 0 Å². The first kappa shape index (κ1) is 12.5. The van der Waals surface area contributed by atoms with Crippen LogP contribution in [-0.4, -0.2) is 18.8 Å². The first-order valence-electron chi connectivity index (χ1n) is 4.76. The SMILES string of the molecule is CCCSSc1ccccc1C(=O)OC. The Morgan fingerprint density at radius 3 is 2.80 bits per heavy atom. The fourth-order valence-corrected chi connectivity index (χ4v) is 3.33. The van der Waals surface area contributed by atoms with Crippen molar-refractivity contribution in [3.05, 3.63) is 29.8 Å². The van der Waals surface area contributed by atoms with Crippen LogP contribution in [0.1, 0.15) is 23.7 Å². The molecule has 4 heteroatoms. The molecule has 0 aliphatic carbocycles. The van der Waals surface area contributed by atoms with Gasteiger partial charge in [0.25, 0.3) is 0 Å². The summed E-state index contributed by atoms with van der Waals surface area (Å²) in [5.41, 5.74) is 0.647. The van der Waals surface area contributed by atoms with E-state index in [1.165, 1.54) is 7.11 Å². The van der Waals surface area contributed by atoms with Crippen molar-refractivity contribution in [3.63, 3.8) is 0 Å². The topological polar surface area (TPSA) is 26.3 Å². The Morgan fingerprint density at radius 1 is 1.40 bits per heavy atom. The third kappa shape index (κ3) is 3.80. The molecule has 0 bridgehead atoms. The van der Waals surface area contributed by atoms with Gasteiger partial charge < -0.3 is 4.74 Å². The van der Waals surface area contributed by atoms with Crippen LogP contribution in [0, 0.1) is 0 Å². The summed E-state index contributed by atoms with van der Waals surface area (Å²) in [6.45, 7) is 2.14. The quantitative estimate of drug-likeness (QED) is 0.447. The molecule has 0 saturated heterocycles. The number of carbonyl (C=O) groups excluding carboxylic acids is 1. The van der Waals surface area contributed by atoms with E-state index >= 15 is 0 Å². The standard InChI is InChI=1S/C11H14O2S2/c1-3-8-14-15-10-7-5-4-6-9(10)11(12)13-2/h4-7H,3,8H2,1-2H3. The van der Waals surface area contributed by atoms with E-state index in [9.17, 15) is 4.79 Å². The van der Waals surface area contributed by atoms with Gasteiger partial charge in [-0.2, -0.15) is 0 Å². The summed E-state index contributed by atoms with van der Waals surface area (Å²) >= 11 is 0. The summed E-state index contributed by atoms with van der Waals surface area (Å²) in [7, 11) is 4.79. The minimum absolute atomic E-state index is 0.268. The van der Waals surface area contributed by atoms with Crippen LogP contribution in [0.5, 0.6) is 0 Å². The summed E-state index contributed by atoms with van der Waals surface area (Å²) in [6, 6.07) is 7.52. The molecule has 0 N–H and O–H groups in total. The molecule has 0 atom stereocenters. The van der Waals surface area contributed by atoms with Gasteiger partial charge in [0.2, 0.25) is 0 Å². The molecule has 0 unspecified atom stereocenters.